The fraction of sp³-hybridized carbons (Fsp3) is 0.433. The minimum atomic E-state index is -4.72. The van der Waals surface area contributed by atoms with E-state index in [2.05, 4.69) is 9.97 Å². The van der Waals surface area contributed by atoms with Crippen LogP contribution in [0.25, 0.3) is 11.1 Å². The summed E-state index contributed by atoms with van der Waals surface area (Å²) in [6.45, 7) is 4.96. The summed E-state index contributed by atoms with van der Waals surface area (Å²) in [6, 6.07) is 6.18. The summed E-state index contributed by atoms with van der Waals surface area (Å²) in [6.07, 6.45) is -1.13. The molecule has 1 N–H and O–H groups in total. The van der Waals surface area contributed by atoms with Gasteiger partial charge < -0.3 is 19.3 Å². The number of rotatable bonds is 10. The number of pyridine rings is 2. The van der Waals surface area contributed by atoms with Crippen molar-refractivity contribution in [3.63, 3.8) is 0 Å². The maximum Gasteiger partial charge on any atom is 0.417 e. The second-order valence-corrected chi connectivity index (χ2v) is 11.0. The van der Waals surface area contributed by atoms with Crippen molar-refractivity contribution in [2.45, 2.75) is 57.9 Å². The van der Waals surface area contributed by atoms with Gasteiger partial charge in [-0.05, 0) is 61.9 Å². The van der Waals surface area contributed by atoms with Gasteiger partial charge in [0.15, 0.2) is 0 Å². The highest BCUT2D eigenvalue weighted by Crippen LogP contribution is 2.61. The molecule has 1 saturated carbocycles. The van der Waals surface area contributed by atoms with E-state index in [9.17, 15) is 27.5 Å². The monoisotopic (exact) mass is 574 g/mol. The lowest BCUT2D eigenvalue weighted by Gasteiger charge is -2.18. The van der Waals surface area contributed by atoms with Crippen LogP contribution in [0, 0.1) is 17.7 Å². The molecule has 41 heavy (non-hydrogen) atoms. The van der Waals surface area contributed by atoms with E-state index in [1.165, 1.54) is 12.1 Å². The fourth-order valence-corrected chi connectivity index (χ4v) is 5.30. The molecule has 0 aliphatic heterocycles. The van der Waals surface area contributed by atoms with Gasteiger partial charge >= 0.3 is 12.1 Å². The van der Waals surface area contributed by atoms with Crippen molar-refractivity contribution < 1.29 is 41.7 Å². The van der Waals surface area contributed by atoms with Crippen LogP contribution in [0.3, 0.4) is 0 Å². The molecule has 3 atom stereocenters. The van der Waals surface area contributed by atoms with Gasteiger partial charge in [0.2, 0.25) is 11.8 Å². The van der Waals surface area contributed by atoms with Crippen LogP contribution in [0.2, 0.25) is 0 Å². The van der Waals surface area contributed by atoms with E-state index in [0.29, 0.717) is 13.0 Å². The molecule has 2 aromatic heterocycles. The van der Waals surface area contributed by atoms with Gasteiger partial charge in [0.1, 0.15) is 12.4 Å². The topological polar surface area (TPSA) is 90.8 Å². The van der Waals surface area contributed by atoms with Crippen molar-refractivity contribution in [3.05, 3.63) is 70.8 Å². The van der Waals surface area contributed by atoms with Crippen molar-refractivity contribution in [2.75, 3.05) is 13.2 Å². The first-order valence-electron chi connectivity index (χ1n) is 13.3. The summed E-state index contributed by atoms with van der Waals surface area (Å²) < 4.78 is 72.7. The van der Waals surface area contributed by atoms with E-state index < -0.39 is 23.2 Å². The van der Waals surface area contributed by atoms with E-state index in [0.717, 1.165) is 29.5 Å². The smallest absolute Gasteiger partial charge is 0.417 e. The molecule has 0 bridgehead atoms. The first-order chi connectivity index (χ1) is 19.4. The Kier molecular flexibility index (Phi) is 7.67. The van der Waals surface area contributed by atoms with Crippen LogP contribution in [0.5, 0.6) is 11.8 Å². The van der Waals surface area contributed by atoms with Crippen LogP contribution in [0.4, 0.5) is 17.6 Å². The highest BCUT2D eigenvalue weighted by atomic mass is 19.4. The molecular formula is C30H30F4N2O5. The SMILES string of the molecule is CCOC(=O)C1C2Cc3cc(OCc4cc(-c5cnc(OCCC(C)(C)O)cc5C(F)(F)F)ccc4F)ncc3C21. The minimum absolute atomic E-state index is 0.0187. The highest BCUT2D eigenvalue weighted by molar-refractivity contribution is 5.79. The van der Waals surface area contributed by atoms with Crippen LogP contribution in [-0.4, -0.2) is 39.9 Å². The third-order valence-electron chi connectivity index (χ3n) is 7.42. The molecule has 0 saturated heterocycles. The first kappa shape index (κ1) is 28.8. The number of benzene rings is 1. The molecule has 218 valence electrons. The summed E-state index contributed by atoms with van der Waals surface area (Å²) in [5.74, 6) is -0.670. The lowest BCUT2D eigenvalue weighted by atomic mass is 9.99. The number of hydrogen-bond donors (Lipinski definition) is 1. The number of alkyl halides is 3. The maximum atomic E-state index is 14.7. The first-order valence-corrected chi connectivity index (χ1v) is 13.3. The minimum Gasteiger partial charge on any atom is -0.478 e. The van der Waals surface area contributed by atoms with Crippen LogP contribution in [0.15, 0.2) is 42.7 Å². The van der Waals surface area contributed by atoms with Crippen molar-refractivity contribution in [1.82, 2.24) is 9.97 Å². The van der Waals surface area contributed by atoms with Crippen molar-refractivity contribution in [2.24, 2.45) is 11.8 Å². The Balaban J connectivity index is 1.30. The average Bonchev–Trinajstić information content (AvgIpc) is 3.48. The van der Waals surface area contributed by atoms with Crippen LogP contribution >= 0.6 is 0 Å². The molecule has 0 amide bonds. The highest BCUT2D eigenvalue weighted by Gasteiger charge is 2.60. The molecule has 1 aromatic carbocycles. The van der Waals surface area contributed by atoms with Gasteiger partial charge in [0.25, 0.3) is 0 Å². The number of hydrogen-bond acceptors (Lipinski definition) is 7. The molecule has 3 unspecified atom stereocenters. The number of fused-ring (bicyclic) bond motifs is 3. The number of esters is 1. The van der Waals surface area contributed by atoms with Crippen molar-refractivity contribution in [3.8, 4) is 22.9 Å². The summed E-state index contributed by atoms with van der Waals surface area (Å²) in [5.41, 5.74) is -0.112. The Morgan fingerprint density at radius 2 is 1.80 bits per heavy atom. The van der Waals surface area contributed by atoms with Crippen molar-refractivity contribution in [1.29, 1.82) is 0 Å². The number of halogens is 4. The standard InChI is InChI=1S/C30H30F4N2O5/c1-4-39-28(37)27-19-10-17-11-24(36-14-21(17)26(19)27)41-15-18-9-16(5-6-23(18)31)20-13-35-25(12-22(20)30(32,33)34)40-8-7-29(2,3)38/h5-6,9,11-14,19,26-27,38H,4,7-8,10,15H2,1-3H3. The van der Waals surface area contributed by atoms with Crippen LogP contribution < -0.4 is 9.47 Å². The predicted molar refractivity (Wildman–Crippen MR) is 140 cm³/mol. The molecule has 0 spiro atoms. The number of nitrogens with zero attached hydrogens (tertiary/aromatic N) is 2. The third kappa shape index (κ3) is 6.29. The van der Waals surface area contributed by atoms with Gasteiger partial charge in [-0.2, -0.15) is 13.2 Å². The summed E-state index contributed by atoms with van der Waals surface area (Å²) in [7, 11) is 0. The van der Waals surface area contributed by atoms with E-state index in [4.69, 9.17) is 14.2 Å². The second kappa shape index (κ2) is 10.9. The van der Waals surface area contributed by atoms with E-state index in [-0.39, 0.29) is 71.8 Å². The molecule has 3 aromatic rings. The van der Waals surface area contributed by atoms with Crippen LogP contribution in [-0.2, 0) is 28.7 Å². The predicted octanol–water partition coefficient (Wildman–Crippen LogP) is 5.87. The summed E-state index contributed by atoms with van der Waals surface area (Å²) in [5, 5.41) is 9.79. The Labute approximate surface area is 234 Å². The molecule has 2 heterocycles. The number of carbonyl (C=O) groups is 1. The zero-order valence-corrected chi connectivity index (χ0v) is 22.8. The molecular weight excluding hydrogens is 544 g/mol. The quantitative estimate of drug-likeness (QED) is 0.239. The van der Waals surface area contributed by atoms with Gasteiger partial charge in [-0.3, -0.25) is 4.79 Å². The Hall–Kier alpha value is -3.73. The number of aliphatic hydroxyl groups is 1. The maximum absolute atomic E-state index is 14.7. The lowest BCUT2D eigenvalue weighted by molar-refractivity contribution is -0.145. The Bertz CT molecular complexity index is 1450. The Morgan fingerprint density at radius 3 is 2.51 bits per heavy atom. The molecule has 2 aliphatic rings. The van der Waals surface area contributed by atoms with Gasteiger partial charge in [0.05, 0.1) is 30.3 Å². The fourth-order valence-electron chi connectivity index (χ4n) is 5.30. The zero-order valence-electron chi connectivity index (χ0n) is 22.8. The molecule has 7 nitrogen and oxygen atoms in total. The number of aromatic nitrogens is 2. The molecule has 5 rings (SSSR count). The van der Waals surface area contributed by atoms with Gasteiger partial charge in [-0.1, -0.05) is 6.07 Å². The van der Waals surface area contributed by atoms with E-state index in [1.807, 2.05) is 0 Å². The molecule has 0 radical (unpaired) electrons. The largest absolute Gasteiger partial charge is 0.478 e. The average molecular weight is 575 g/mol. The lowest BCUT2D eigenvalue weighted by Crippen LogP contribution is -2.22. The molecule has 1 fully saturated rings. The second-order valence-electron chi connectivity index (χ2n) is 11.0. The number of ether oxygens (including phenoxy) is 3. The van der Waals surface area contributed by atoms with Crippen LogP contribution in [0.1, 0.15) is 55.4 Å². The Morgan fingerprint density at radius 1 is 1.07 bits per heavy atom. The van der Waals surface area contributed by atoms with E-state index in [1.54, 1.807) is 33.0 Å². The van der Waals surface area contributed by atoms with Gasteiger partial charge in [0, 0.05) is 48.0 Å². The van der Waals surface area contributed by atoms with Gasteiger partial charge in [-0.25, -0.2) is 14.4 Å². The zero-order chi connectivity index (χ0) is 29.5. The normalized spacial score (nSPS) is 19.4. The van der Waals surface area contributed by atoms with E-state index >= 15 is 0 Å². The third-order valence-corrected chi connectivity index (χ3v) is 7.42. The molecule has 11 heteroatoms. The van der Waals surface area contributed by atoms with Gasteiger partial charge in [-0.15, -0.1) is 0 Å². The number of carbonyl (C=O) groups excluding carboxylic acids is 1. The summed E-state index contributed by atoms with van der Waals surface area (Å²) >= 11 is 0. The summed E-state index contributed by atoms with van der Waals surface area (Å²) in [4.78, 5) is 20.4. The molecule has 2 aliphatic carbocycles. The van der Waals surface area contributed by atoms with Crippen molar-refractivity contribution >= 4 is 5.97 Å².